The number of nitrogens with one attached hydrogen (secondary N) is 1. The van der Waals surface area contributed by atoms with Crippen LogP contribution in [0.2, 0.25) is 0 Å². The van der Waals surface area contributed by atoms with Crippen LogP contribution in [-0.2, 0) is 6.54 Å². The molecule has 1 saturated heterocycles. The lowest BCUT2D eigenvalue weighted by Gasteiger charge is -2.29. The quantitative estimate of drug-likeness (QED) is 0.393. The van der Waals surface area contributed by atoms with Crippen molar-refractivity contribution in [3.63, 3.8) is 0 Å². The number of hydrogen-bond acceptors (Lipinski definition) is 3. The molecule has 3 N–H and O–H groups in total. The third-order valence-electron chi connectivity index (χ3n) is 3.88. The highest BCUT2D eigenvalue weighted by molar-refractivity contribution is 14.0. The van der Waals surface area contributed by atoms with Crippen molar-refractivity contribution in [3.8, 4) is 5.75 Å². The first-order chi connectivity index (χ1) is 11.3. The zero-order valence-corrected chi connectivity index (χ0v) is 16.4. The lowest BCUT2D eigenvalue weighted by atomic mass is 9.99. The lowest BCUT2D eigenvalue weighted by molar-refractivity contribution is -0.274. The van der Waals surface area contributed by atoms with Gasteiger partial charge in [-0.1, -0.05) is 12.1 Å². The molecule has 0 spiro atoms. The van der Waals surface area contributed by atoms with Crippen LogP contribution in [0.15, 0.2) is 29.3 Å². The predicted octanol–water partition coefficient (Wildman–Crippen LogP) is 2.95. The molecule has 1 aromatic carbocycles. The molecule has 0 amide bonds. The second-order valence-corrected chi connectivity index (χ2v) is 6.04. The zero-order valence-electron chi connectivity index (χ0n) is 14.1. The molecule has 1 heterocycles. The fraction of sp³-hybridized carbons (Fsp3) is 0.562. The van der Waals surface area contributed by atoms with Crippen LogP contribution in [0.1, 0.15) is 18.4 Å². The Morgan fingerprint density at radius 3 is 2.64 bits per heavy atom. The van der Waals surface area contributed by atoms with Gasteiger partial charge in [-0.05, 0) is 50.0 Å². The number of piperidine rings is 1. The van der Waals surface area contributed by atoms with Crippen molar-refractivity contribution < 1.29 is 17.9 Å². The first-order valence-corrected chi connectivity index (χ1v) is 7.89. The molecule has 1 aliphatic rings. The minimum Gasteiger partial charge on any atom is -0.406 e. The number of ether oxygens (including phenoxy) is 1. The summed E-state index contributed by atoms with van der Waals surface area (Å²) in [5.41, 5.74) is 6.59. The third kappa shape index (κ3) is 8.61. The second-order valence-electron chi connectivity index (χ2n) is 6.04. The summed E-state index contributed by atoms with van der Waals surface area (Å²) in [4.78, 5) is 6.51. The summed E-state index contributed by atoms with van der Waals surface area (Å²) in [6.45, 7) is 3.25. The van der Waals surface area contributed by atoms with Crippen molar-refractivity contribution in [1.82, 2.24) is 10.2 Å². The Hall–Kier alpha value is -1.23. The van der Waals surface area contributed by atoms with Crippen molar-refractivity contribution in [1.29, 1.82) is 0 Å². The SMILES string of the molecule is CN1CCCC(CNC(N)=NCc2ccc(OC(F)(F)F)cc2)C1.I. The van der Waals surface area contributed by atoms with E-state index in [1.807, 2.05) is 0 Å². The van der Waals surface area contributed by atoms with Gasteiger partial charge < -0.3 is 20.7 Å². The van der Waals surface area contributed by atoms with Crippen molar-refractivity contribution >= 4 is 29.9 Å². The number of hydrogen-bond donors (Lipinski definition) is 2. The highest BCUT2D eigenvalue weighted by atomic mass is 127. The largest absolute Gasteiger partial charge is 0.573 e. The van der Waals surface area contributed by atoms with Crippen molar-refractivity contribution in [2.45, 2.75) is 25.7 Å². The normalized spacial score (nSPS) is 19.2. The Labute approximate surface area is 162 Å². The Morgan fingerprint density at radius 2 is 2.04 bits per heavy atom. The monoisotopic (exact) mass is 472 g/mol. The third-order valence-corrected chi connectivity index (χ3v) is 3.88. The highest BCUT2D eigenvalue weighted by Crippen LogP contribution is 2.22. The van der Waals surface area contributed by atoms with Crippen LogP contribution in [0.5, 0.6) is 5.75 Å². The number of guanidine groups is 1. The van der Waals surface area contributed by atoms with Crippen molar-refractivity contribution in [2.75, 3.05) is 26.7 Å². The van der Waals surface area contributed by atoms with Gasteiger partial charge in [0, 0.05) is 13.1 Å². The van der Waals surface area contributed by atoms with E-state index in [0.29, 0.717) is 18.4 Å². The van der Waals surface area contributed by atoms with Gasteiger partial charge in [0.15, 0.2) is 5.96 Å². The molecule has 1 atom stereocenters. The molecule has 9 heteroatoms. The number of nitrogens with two attached hydrogens (primary N) is 1. The topological polar surface area (TPSA) is 62.9 Å². The Bertz CT molecular complexity index is 551. The molecule has 1 unspecified atom stereocenters. The second kappa shape index (κ2) is 10.0. The summed E-state index contributed by atoms with van der Waals surface area (Å²) in [5.74, 6) is 0.651. The van der Waals surface area contributed by atoms with Crippen molar-refractivity contribution in [2.24, 2.45) is 16.6 Å². The first kappa shape index (κ1) is 21.8. The van der Waals surface area contributed by atoms with E-state index in [4.69, 9.17) is 5.73 Å². The van der Waals surface area contributed by atoms with Crippen LogP contribution < -0.4 is 15.8 Å². The summed E-state index contributed by atoms with van der Waals surface area (Å²) in [6.07, 6.45) is -2.32. The number of alkyl halides is 3. The maximum atomic E-state index is 12.1. The smallest absolute Gasteiger partial charge is 0.406 e. The molecule has 0 aromatic heterocycles. The van der Waals surface area contributed by atoms with Gasteiger partial charge in [-0.15, -0.1) is 37.1 Å². The van der Waals surface area contributed by atoms with Crippen LogP contribution in [0, 0.1) is 5.92 Å². The fourth-order valence-corrected chi connectivity index (χ4v) is 2.72. The lowest BCUT2D eigenvalue weighted by Crippen LogP contribution is -2.41. The minimum atomic E-state index is -4.68. The Morgan fingerprint density at radius 1 is 1.36 bits per heavy atom. The van der Waals surface area contributed by atoms with Crippen LogP contribution in [0.4, 0.5) is 13.2 Å². The van der Waals surface area contributed by atoms with Crippen LogP contribution in [-0.4, -0.2) is 43.9 Å². The van der Waals surface area contributed by atoms with Crippen LogP contribution >= 0.6 is 24.0 Å². The Kier molecular flexibility index (Phi) is 8.77. The molecule has 0 radical (unpaired) electrons. The molecule has 1 aromatic rings. The molecular formula is C16H24F3IN4O. The van der Waals surface area contributed by atoms with Crippen LogP contribution in [0.3, 0.4) is 0 Å². The van der Waals surface area contributed by atoms with Gasteiger partial charge in [-0.2, -0.15) is 0 Å². The van der Waals surface area contributed by atoms with E-state index in [0.717, 1.165) is 25.2 Å². The van der Waals surface area contributed by atoms with E-state index in [-0.39, 0.29) is 29.7 Å². The number of aliphatic imine (C=N–C) groups is 1. The average Bonchev–Trinajstić information content (AvgIpc) is 2.51. The molecule has 25 heavy (non-hydrogen) atoms. The number of likely N-dealkylation sites (tertiary alicyclic amines) is 1. The summed E-state index contributed by atoms with van der Waals surface area (Å²) in [5, 5.41) is 3.11. The molecule has 0 saturated carbocycles. The van der Waals surface area contributed by atoms with E-state index in [1.54, 1.807) is 0 Å². The molecule has 142 valence electrons. The number of rotatable bonds is 5. The van der Waals surface area contributed by atoms with Gasteiger partial charge >= 0.3 is 6.36 Å². The van der Waals surface area contributed by atoms with Gasteiger partial charge in [-0.25, -0.2) is 4.99 Å². The van der Waals surface area contributed by atoms with Gasteiger partial charge in [0.05, 0.1) is 6.54 Å². The summed E-state index contributed by atoms with van der Waals surface area (Å²) >= 11 is 0. The van der Waals surface area contributed by atoms with Gasteiger partial charge in [-0.3, -0.25) is 0 Å². The number of halogens is 4. The summed E-state index contributed by atoms with van der Waals surface area (Å²) in [6, 6.07) is 5.60. The average molecular weight is 472 g/mol. The van der Waals surface area contributed by atoms with Crippen molar-refractivity contribution in [3.05, 3.63) is 29.8 Å². The zero-order chi connectivity index (χ0) is 17.6. The molecule has 5 nitrogen and oxygen atoms in total. The molecule has 1 fully saturated rings. The van der Waals surface area contributed by atoms with E-state index in [1.165, 1.54) is 37.1 Å². The minimum absolute atomic E-state index is 0. The molecule has 0 aliphatic carbocycles. The molecule has 1 aliphatic heterocycles. The van der Waals surface area contributed by atoms with E-state index in [2.05, 4.69) is 27.0 Å². The van der Waals surface area contributed by atoms with Gasteiger partial charge in [0.1, 0.15) is 5.75 Å². The van der Waals surface area contributed by atoms with Gasteiger partial charge in [0.2, 0.25) is 0 Å². The summed E-state index contributed by atoms with van der Waals surface area (Å²) < 4.78 is 40.1. The standard InChI is InChI=1S/C16H23F3N4O.HI/c1-23-8-2-3-13(11-23)10-22-15(20)21-9-12-4-6-14(7-5-12)24-16(17,18)19;/h4-7,13H,2-3,8-11H2,1H3,(H3,20,21,22);1H. The molecule has 0 bridgehead atoms. The van der Waals surface area contributed by atoms with E-state index >= 15 is 0 Å². The fourth-order valence-electron chi connectivity index (χ4n) is 2.72. The number of benzene rings is 1. The van der Waals surface area contributed by atoms with Gasteiger partial charge in [0.25, 0.3) is 0 Å². The predicted molar refractivity (Wildman–Crippen MR) is 102 cm³/mol. The van der Waals surface area contributed by atoms with E-state index in [9.17, 15) is 13.2 Å². The first-order valence-electron chi connectivity index (χ1n) is 7.89. The maximum absolute atomic E-state index is 12.1. The highest BCUT2D eigenvalue weighted by Gasteiger charge is 2.30. The Balaban J connectivity index is 0.00000312. The molecular weight excluding hydrogens is 448 g/mol. The number of nitrogens with zero attached hydrogens (tertiary/aromatic N) is 2. The maximum Gasteiger partial charge on any atom is 0.573 e. The van der Waals surface area contributed by atoms with Crippen LogP contribution in [0.25, 0.3) is 0 Å². The molecule has 2 rings (SSSR count). The van der Waals surface area contributed by atoms with E-state index < -0.39 is 6.36 Å². The summed E-state index contributed by atoms with van der Waals surface area (Å²) in [7, 11) is 2.11.